The Hall–Kier alpha value is -2.82. The average molecular weight is 323 g/mol. The van der Waals surface area contributed by atoms with Gasteiger partial charge in [-0.1, -0.05) is 17.7 Å². The Balaban J connectivity index is 1.70. The van der Waals surface area contributed by atoms with Gasteiger partial charge in [0.1, 0.15) is 11.6 Å². The first-order valence-electron chi connectivity index (χ1n) is 7.94. The van der Waals surface area contributed by atoms with E-state index in [4.69, 9.17) is 4.42 Å². The van der Waals surface area contributed by atoms with E-state index < -0.39 is 0 Å². The molecule has 0 aliphatic carbocycles. The summed E-state index contributed by atoms with van der Waals surface area (Å²) in [5.41, 5.74) is 5.41. The van der Waals surface area contributed by atoms with E-state index in [2.05, 4.69) is 21.7 Å². The maximum atomic E-state index is 12.4. The van der Waals surface area contributed by atoms with Crippen molar-refractivity contribution in [3.8, 4) is 0 Å². The molecule has 5 heteroatoms. The number of nitrogens with one attached hydrogen (secondary N) is 2. The Morgan fingerprint density at radius 2 is 1.92 bits per heavy atom. The summed E-state index contributed by atoms with van der Waals surface area (Å²) in [6.45, 7) is 7.66. The fourth-order valence-corrected chi connectivity index (χ4v) is 2.64. The third-order valence-corrected chi connectivity index (χ3v) is 3.91. The quantitative estimate of drug-likeness (QED) is 0.755. The van der Waals surface area contributed by atoms with Crippen LogP contribution >= 0.6 is 0 Å². The molecule has 1 atom stereocenters. The Labute approximate surface area is 141 Å². The van der Waals surface area contributed by atoms with Crippen LogP contribution in [0, 0.1) is 20.8 Å². The van der Waals surface area contributed by atoms with Gasteiger partial charge in [-0.25, -0.2) is 4.98 Å². The van der Waals surface area contributed by atoms with Crippen molar-refractivity contribution in [3.05, 3.63) is 53.4 Å². The minimum atomic E-state index is -0.379. The zero-order valence-corrected chi connectivity index (χ0v) is 14.3. The van der Waals surface area contributed by atoms with E-state index in [-0.39, 0.29) is 11.9 Å². The van der Waals surface area contributed by atoms with Gasteiger partial charge in [-0.2, -0.15) is 0 Å². The summed E-state index contributed by atoms with van der Waals surface area (Å²) in [5.74, 6) is 0.543. The van der Waals surface area contributed by atoms with Crippen LogP contribution in [0.15, 0.2) is 40.8 Å². The maximum Gasteiger partial charge on any atom is 0.246 e. The number of hydrogen-bond donors (Lipinski definition) is 2. The Bertz CT molecular complexity index is 899. The van der Waals surface area contributed by atoms with E-state index in [1.807, 2.05) is 58.0 Å². The van der Waals surface area contributed by atoms with Crippen molar-refractivity contribution >= 4 is 28.4 Å². The van der Waals surface area contributed by atoms with Crippen LogP contribution in [-0.4, -0.2) is 16.9 Å². The minimum Gasteiger partial charge on any atom is -0.441 e. The smallest absolute Gasteiger partial charge is 0.246 e. The van der Waals surface area contributed by atoms with Crippen molar-refractivity contribution < 1.29 is 9.21 Å². The first kappa shape index (κ1) is 16.1. The SMILES string of the molecule is Cc1ccc(NC(=O)[C@@H](C)Nc2ccc3oc(C)nc3c2)c(C)c1. The topological polar surface area (TPSA) is 67.2 Å². The molecule has 0 saturated carbocycles. The number of anilines is 2. The van der Waals surface area contributed by atoms with Crippen LogP contribution in [0.2, 0.25) is 0 Å². The lowest BCUT2D eigenvalue weighted by molar-refractivity contribution is -0.116. The minimum absolute atomic E-state index is 0.0848. The fraction of sp³-hybridized carbons (Fsp3) is 0.263. The molecule has 1 amide bonds. The second-order valence-electron chi connectivity index (χ2n) is 6.09. The summed E-state index contributed by atoms with van der Waals surface area (Å²) >= 11 is 0. The summed E-state index contributed by atoms with van der Waals surface area (Å²) in [4.78, 5) is 16.7. The van der Waals surface area contributed by atoms with Gasteiger partial charge in [-0.3, -0.25) is 4.79 Å². The zero-order chi connectivity index (χ0) is 17.3. The molecule has 1 heterocycles. The first-order valence-corrected chi connectivity index (χ1v) is 7.94. The normalized spacial score (nSPS) is 12.2. The molecule has 2 aromatic carbocycles. The molecule has 1 aromatic heterocycles. The van der Waals surface area contributed by atoms with Gasteiger partial charge < -0.3 is 15.1 Å². The van der Waals surface area contributed by atoms with Crippen molar-refractivity contribution in [3.63, 3.8) is 0 Å². The molecule has 24 heavy (non-hydrogen) atoms. The number of benzene rings is 2. The van der Waals surface area contributed by atoms with Crippen molar-refractivity contribution in [2.24, 2.45) is 0 Å². The van der Waals surface area contributed by atoms with Crippen molar-refractivity contribution in [1.82, 2.24) is 4.98 Å². The molecule has 5 nitrogen and oxygen atoms in total. The predicted octanol–water partition coefficient (Wildman–Crippen LogP) is 4.19. The maximum absolute atomic E-state index is 12.4. The number of nitrogens with zero attached hydrogens (tertiary/aromatic N) is 1. The summed E-state index contributed by atoms with van der Waals surface area (Å²) in [6, 6.07) is 11.2. The fourth-order valence-electron chi connectivity index (χ4n) is 2.64. The number of carbonyl (C=O) groups excluding carboxylic acids is 1. The first-order chi connectivity index (χ1) is 11.4. The van der Waals surface area contributed by atoms with Crippen molar-refractivity contribution in [2.75, 3.05) is 10.6 Å². The van der Waals surface area contributed by atoms with E-state index in [0.29, 0.717) is 5.89 Å². The second kappa shape index (κ2) is 6.35. The summed E-state index contributed by atoms with van der Waals surface area (Å²) in [7, 11) is 0. The van der Waals surface area contributed by atoms with Crippen LogP contribution < -0.4 is 10.6 Å². The number of fused-ring (bicyclic) bond motifs is 1. The van der Waals surface area contributed by atoms with E-state index in [1.54, 1.807) is 0 Å². The number of aryl methyl sites for hydroxylation is 3. The number of rotatable bonds is 4. The molecule has 2 N–H and O–H groups in total. The summed E-state index contributed by atoms with van der Waals surface area (Å²) in [6.07, 6.45) is 0. The highest BCUT2D eigenvalue weighted by Crippen LogP contribution is 2.21. The molecule has 0 bridgehead atoms. The van der Waals surface area contributed by atoms with E-state index in [0.717, 1.165) is 28.0 Å². The summed E-state index contributed by atoms with van der Waals surface area (Å²) in [5, 5.41) is 6.16. The molecule has 0 saturated heterocycles. The standard InChI is InChI=1S/C19H21N3O2/c1-11-5-7-16(12(2)9-11)22-19(23)13(3)20-15-6-8-18-17(10-15)21-14(4)24-18/h5-10,13,20H,1-4H3,(H,22,23)/t13-/m1/s1. The predicted molar refractivity (Wildman–Crippen MR) is 96.4 cm³/mol. The van der Waals surface area contributed by atoms with Gasteiger partial charge in [-0.05, 0) is 50.6 Å². The molecule has 0 radical (unpaired) electrons. The molecular formula is C19H21N3O2. The van der Waals surface area contributed by atoms with Crippen molar-refractivity contribution in [2.45, 2.75) is 33.7 Å². The van der Waals surface area contributed by atoms with E-state index in [1.165, 1.54) is 5.56 Å². The number of aromatic nitrogens is 1. The number of hydrogen-bond acceptors (Lipinski definition) is 4. The molecule has 0 unspecified atom stereocenters. The number of carbonyl (C=O) groups is 1. The average Bonchev–Trinajstić information content (AvgIpc) is 2.89. The highest BCUT2D eigenvalue weighted by Gasteiger charge is 2.14. The van der Waals surface area contributed by atoms with Gasteiger partial charge in [0.15, 0.2) is 11.5 Å². The number of oxazole rings is 1. The van der Waals surface area contributed by atoms with Crippen LogP contribution in [0.5, 0.6) is 0 Å². The molecule has 0 aliphatic rings. The molecule has 124 valence electrons. The van der Waals surface area contributed by atoms with Crippen LogP contribution in [-0.2, 0) is 4.79 Å². The molecule has 0 spiro atoms. The Kier molecular flexibility index (Phi) is 4.25. The Morgan fingerprint density at radius 3 is 2.67 bits per heavy atom. The lowest BCUT2D eigenvalue weighted by Crippen LogP contribution is -2.32. The van der Waals surface area contributed by atoms with Gasteiger partial charge in [0.2, 0.25) is 5.91 Å². The van der Waals surface area contributed by atoms with Gasteiger partial charge in [0.25, 0.3) is 0 Å². The van der Waals surface area contributed by atoms with Crippen LogP contribution in [0.3, 0.4) is 0 Å². The molecule has 0 fully saturated rings. The molecular weight excluding hydrogens is 302 g/mol. The zero-order valence-electron chi connectivity index (χ0n) is 14.3. The van der Waals surface area contributed by atoms with Crippen LogP contribution in [0.25, 0.3) is 11.1 Å². The molecule has 0 aliphatic heterocycles. The number of amides is 1. The van der Waals surface area contributed by atoms with E-state index in [9.17, 15) is 4.79 Å². The van der Waals surface area contributed by atoms with Gasteiger partial charge >= 0.3 is 0 Å². The third kappa shape index (κ3) is 3.40. The molecule has 3 aromatic rings. The lowest BCUT2D eigenvalue weighted by atomic mass is 10.1. The van der Waals surface area contributed by atoms with Gasteiger partial charge in [0, 0.05) is 18.3 Å². The Morgan fingerprint density at radius 1 is 1.12 bits per heavy atom. The lowest BCUT2D eigenvalue weighted by Gasteiger charge is -2.16. The monoisotopic (exact) mass is 323 g/mol. The highest BCUT2D eigenvalue weighted by atomic mass is 16.3. The highest BCUT2D eigenvalue weighted by molar-refractivity contribution is 5.97. The van der Waals surface area contributed by atoms with Gasteiger partial charge in [0.05, 0.1) is 0 Å². The summed E-state index contributed by atoms with van der Waals surface area (Å²) < 4.78 is 5.46. The van der Waals surface area contributed by atoms with E-state index >= 15 is 0 Å². The largest absolute Gasteiger partial charge is 0.441 e. The molecule has 3 rings (SSSR count). The van der Waals surface area contributed by atoms with Gasteiger partial charge in [-0.15, -0.1) is 0 Å². The third-order valence-electron chi connectivity index (χ3n) is 3.91. The van der Waals surface area contributed by atoms with Crippen molar-refractivity contribution in [1.29, 1.82) is 0 Å². The van der Waals surface area contributed by atoms with Crippen LogP contribution in [0.1, 0.15) is 23.9 Å². The second-order valence-corrected chi connectivity index (χ2v) is 6.09. The van der Waals surface area contributed by atoms with Crippen LogP contribution in [0.4, 0.5) is 11.4 Å².